The van der Waals surface area contributed by atoms with Crippen LogP contribution in [0.25, 0.3) is 0 Å². The van der Waals surface area contributed by atoms with Gasteiger partial charge in [-0.05, 0) is 23.8 Å². The summed E-state index contributed by atoms with van der Waals surface area (Å²) < 4.78 is 0. The van der Waals surface area contributed by atoms with E-state index in [1.165, 1.54) is 26.7 Å². The van der Waals surface area contributed by atoms with Crippen molar-refractivity contribution in [2.45, 2.75) is 30.7 Å². The van der Waals surface area contributed by atoms with Gasteiger partial charge in [0.25, 0.3) is 5.91 Å². The van der Waals surface area contributed by atoms with Crippen molar-refractivity contribution in [3.8, 4) is 0 Å². The molecule has 1 amide bonds. The lowest BCUT2D eigenvalue weighted by Gasteiger charge is -2.20. The number of fused-ring (bicyclic) bond motifs is 1. The van der Waals surface area contributed by atoms with Gasteiger partial charge in [-0.3, -0.25) is 4.79 Å². The molecule has 1 saturated heterocycles. The maximum Gasteiger partial charge on any atom is 0.326 e. The van der Waals surface area contributed by atoms with E-state index in [0.717, 1.165) is 17.9 Å². The van der Waals surface area contributed by atoms with Crippen LogP contribution in [0.2, 0.25) is 0 Å². The van der Waals surface area contributed by atoms with Crippen LogP contribution in [0.4, 0.5) is 0 Å². The number of thiophene rings is 1. The molecule has 108 valence electrons. The van der Waals surface area contributed by atoms with Gasteiger partial charge < -0.3 is 15.1 Å². The third-order valence-electron chi connectivity index (χ3n) is 3.66. The summed E-state index contributed by atoms with van der Waals surface area (Å²) in [6.45, 7) is 0.104. The minimum absolute atomic E-state index is 0.104. The first-order valence-electron chi connectivity index (χ1n) is 6.47. The number of thioether (sulfide) groups is 1. The molecule has 1 aromatic heterocycles. The minimum atomic E-state index is -1.05. The van der Waals surface area contributed by atoms with Gasteiger partial charge in [0, 0.05) is 23.6 Å². The first-order valence-corrected chi connectivity index (χ1v) is 8.44. The second kappa shape index (κ2) is 5.38. The van der Waals surface area contributed by atoms with Crippen molar-refractivity contribution in [3.63, 3.8) is 0 Å². The summed E-state index contributed by atoms with van der Waals surface area (Å²) in [6.07, 6.45) is 0.343. The molecule has 0 aromatic carbocycles. The zero-order chi connectivity index (χ0) is 14.3. The summed E-state index contributed by atoms with van der Waals surface area (Å²) in [5.41, 5.74) is 1.20. The summed E-state index contributed by atoms with van der Waals surface area (Å²) in [4.78, 5) is 26.8. The zero-order valence-corrected chi connectivity index (χ0v) is 12.4. The van der Waals surface area contributed by atoms with E-state index in [9.17, 15) is 14.7 Å². The molecule has 2 aliphatic rings. The molecular formula is C13H15NO4S2. The Hall–Kier alpha value is -1.05. The van der Waals surface area contributed by atoms with Gasteiger partial charge in [0.2, 0.25) is 0 Å². The monoisotopic (exact) mass is 313 g/mol. The largest absolute Gasteiger partial charge is 0.480 e. The van der Waals surface area contributed by atoms with Gasteiger partial charge in [-0.1, -0.05) is 0 Å². The molecule has 1 fully saturated rings. The van der Waals surface area contributed by atoms with Crippen LogP contribution < -0.4 is 0 Å². The number of aliphatic carboxylic acids is 1. The molecule has 2 aliphatic heterocycles. The number of hydrogen-bond donors (Lipinski definition) is 2. The topological polar surface area (TPSA) is 77.8 Å². The maximum absolute atomic E-state index is 12.5. The quantitative estimate of drug-likeness (QED) is 0.858. The zero-order valence-electron chi connectivity index (χ0n) is 10.7. The molecule has 20 heavy (non-hydrogen) atoms. The lowest BCUT2D eigenvalue weighted by molar-refractivity contribution is -0.141. The first-order chi connectivity index (χ1) is 9.56. The van der Waals surface area contributed by atoms with E-state index in [1.54, 1.807) is 0 Å². The molecule has 0 aliphatic carbocycles. The van der Waals surface area contributed by atoms with Crippen LogP contribution >= 0.6 is 23.1 Å². The number of amides is 1. The molecule has 0 saturated carbocycles. The summed E-state index contributed by atoms with van der Waals surface area (Å²) in [5, 5.41) is 18.8. The molecule has 0 unspecified atom stereocenters. The molecule has 5 nitrogen and oxygen atoms in total. The number of hydrogen-bond acceptors (Lipinski definition) is 5. The standard InChI is InChI=1S/C13H15NO4S2/c15-8-4-9(13(17)18)14(5-8)12(16)11-3-7-6-19-2-1-10(7)20-11/h3,8-9,15H,1-2,4-6H2,(H,17,18)/t8-,9+/m1/s1. The highest BCUT2D eigenvalue weighted by Gasteiger charge is 2.39. The second-order valence-electron chi connectivity index (χ2n) is 5.06. The Morgan fingerprint density at radius 3 is 2.90 bits per heavy atom. The van der Waals surface area contributed by atoms with Gasteiger partial charge in [-0.15, -0.1) is 11.3 Å². The number of carboxylic acid groups (broad SMARTS) is 1. The van der Waals surface area contributed by atoms with Gasteiger partial charge in [-0.25, -0.2) is 4.79 Å². The molecule has 1 aromatic rings. The number of carbonyl (C=O) groups excluding carboxylic acids is 1. The predicted octanol–water partition coefficient (Wildman–Crippen LogP) is 1.20. The minimum Gasteiger partial charge on any atom is -0.480 e. The van der Waals surface area contributed by atoms with Gasteiger partial charge in [0.1, 0.15) is 6.04 Å². The van der Waals surface area contributed by atoms with Crippen molar-refractivity contribution in [1.82, 2.24) is 4.90 Å². The number of rotatable bonds is 2. The van der Waals surface area contributed by atoms with Crippen molar-refractivity contribution < 1.29 is 19.8 Å². The molecule has 2 atom stereocenters. The lowest BCUT2D eigenvalue weighted by Crippen LogP contribution is -2.40. The second-order valence-corrected chi connectivity index (χ2v) is 7.30. The van der Waals surface area contributed by atoms with Crippen LogP contribution in [0.15, 0.2) is 6.07 Å². The van der Waals surface area contributed by atoms with Crippen molar-refractivity contribution in [2.24, 2.45) is 0 Å². The Bertz CT molecular complexity index is 533. The molecule has 2 N–H and O–H groups in total. The van der Waals surface area contributed by atoms with Crippen LogP contribution in [0, 0.1) is 0 Å². The summed E-state index contributed by atoms with van der Waals surface area (Å²) in [5.74, 6) is 0.677. The average Bonchev–Trinajstić information content (AvgIpc) is 3.01. The van der Waals surface area contributed by atoms with Crippen molar-refractivity contribution in [1.29, 1.82) is 0 Å². The molecule has 7 heteroatoms. The van der Waals surface area contributed by atoms with Crippen LogP contribution in [0.1, 0.15) is 26.5 Å². The molecule has 0 spiro atoms. The van der Waals surface area contributed by atoms with Gasteiger partial charge in [-0.2, -0.15) is 11.8 Å². The van der Waals surface area contributed by atoms with E-state index in [1.807, 2.05) is 17.8 Å². The first kappa shape index (κ1) is 13.9. The number of β-amino-alcohol motifs (C(OH)–C–C–N with tert-alkyl or cyclic N) is 1. The van der Waals surface area contributed by atoms with E-state index in [0.29, 0.717) is 4.88 Å². The maximum atomic E-state index is 12.5. The number of nitrogens with zero attached hydrogens (tertiary/aromatic N) is 1. The molecule has 3 rings (SSSR count). The fourth-order valence-electron chi connectivity index (χ4n) is 2.67. The number of carbonyl (C=O) groups is 2. The average molecular weight is 313 g/mol. The fourth-order valence-corrected chi connectivity index (χ4v) is 4.99. The molecule has 3 heterocycles. The Morgan fingerprint density at radius 2 is 2.20 bits per heavy atom. The van der Waals surface area contributed by atoms with E-state index >= 15 is 0 Å². The molecule has 0 bridgehead atoms. The van der Waals surface area contributed by atoms with Gasteiger partial charge in [0.05, 0.1) is 11.0 Å². The molecular weight excluding hydrogens is 298 g/mol. The van der Waals surface area contributed by atoms with Crippen molar-refractivity contribution >= 4 is 35.0 Å². The van der Waals surface area contributed by atoms with Gasteiger partial charge in [0.15, 0.2) is 0 Å². The SMILES string of the molecule is O=C(O)[C@@H]1C[C@@H](O)CN1C(=O)c1cc2c(s1)CCSC2. The smallest absolute Gasteiger partial charge is 0.326 e. The number of carboxylic acids is 1. The van der Waals surface area contributed by atoms with Crippen molar-refractivity contribution in [2.75, 3.05) is 12.3 Å². The Morgan fingerprint density at radius 1 is 1.40 bits per heavy atom. The fraction of sp³-hybridized carbons (Fsp3) is 0.538. The summed E-state index contributed by atoms with van der Waals surface area (Å²) in [7, 11) is 0. The van der Waals surface area contributed by atoms with E-state index in [2.05, 4.69) is 0 Å². The Kier molecular flexibility index (Phi) is 3.74. The third-order valence-corrected chi connectivity index (χ3v) is 5.90. The van der Waals surface area contributed by atoms with Crippen molar-refractivity contribution in [3.05, 3.63) is 21.4 Å². The lowest BCUT2D eigenvalue weighted by atomic mass is 10.2. The number of likely N-dealkylation sites (tertiary alicyclic amines) is 1. The Balaban J connectivity index is 1.84. The van der Waals surface area contributed by atoms with E-state index in [-0.39, 0.29) is 18.9 Å². The normalized spacial score (nSPS) is 25.6. The number of aliphatic hydroxyl groups is 1. The number of aliphatic hydroxyl groups excluding tert-OH is 1. The third kappa shape index (κ3) is 2.45. The van der Waals surface area contributed by atoms with Gasteiger partial charge >= 0.3 is 5.97 Å². The summed E-state index contributed by atoms with van der Waals surface area (Å²) in [6, 6.07) is 0.976. The van der Waals surface area contributed by atoms with Crippen LogP contribution in [-0.4, -0.2) is 51.4 Å². The van der Waals surface area contributed by atoms with E-state index in [4.69, 9.17) is 5.11 Å². The van der Waals surface area contributed by atoms with E-state index < -0.39 is 18.1 Å². The predicted molar refractivity (Wildman–Crippen MR) is 77.3 cm³/mol. The highest BCUT2D eigenvalue weighted by molar-refractivity contribution is 7.98. The molecule has 0 radical (unpaired) electrons. The van der Waals surface area contributed by atoms with Crippen LogP contribution in [0.5, 0.6) is 0 Å². The summed E-state index contributed by atoms with van der Waals surface area (Å²) >= 11 is 3.31. The van der Waals surface area contributed by atoms with Crippen LogP contribution in [0.3, 0.4) is 0 Å². The van der Waals surface area contributed by atoms with Crippen LogP contribution in [-0.2, 0) is 17.0 Å². The number of aryl methyl sites for hydroxylation is 1. The Labute approximate surface area is 124 Å². The highest BCUT2D eigenvalue weighted by atomic mass is 32.2. The highest BCUT2D eigenvalue weighted by Crippen LogP contribution is 2.33.